The van der Waals surface area contributed by atoms with Crippen LogP contribution in [0.3, 0.4) is 0 Å². The van der Waals surface area contributed by atoms with Crippen molar-refractivity contribution in [3.63, 3.8) is 0 Å². The Kier molecular flexibility index (Phi) is 3.97. The van der Waals surface area contributed by atoms with Crippen LogP contribution >= 0.6 is 0 Å². The van der Waals surface area contributed by atoms with Crippen molar-refractivity contribution in [1.29, 1.82) is 0 Å². The Morgan fingerprint density at radius 1 is 1.16 bits per heavy atom. The van der Waals surface area contributed by atoms with Gasteiger partial charge in [0, 0.05) is 38.8 Å². The number of nitrogens with zero attached hydrogens (tertiary/aromatic N) is 4. The van der Waals surface area contributed by atoms with Crippen molar-refractivity contribution in [2.45, 2.75) is 6.92 Å². The number of rotatable bonds is 2. The van der Waals surface area contributed by atoms with Gasteiger partial charge in [0.25, 0.3) is 5.91 Å². The molecule has 2 aromatic heterocycles. The fourth-order valence-corrected chi connectivity index (χ4v) is 3.41. The third-order valence-corrected chi connectivity index (χ3v) is 4.67. The predicted octanol–water partition coefficient (Wildman–Crippen LogP) is 1.99. The fraction of sp³-hybridized carbons (Fsp3) is 0.316. The van der Waals surface area contributed by atoms with Crippen LogP contribution in [0.4, 0.5) is 0 Å². The lowest BCUT2D eigenvalue weighted by Crippen LogP contribution is -2.46. The molecule has 0 spiro atoms. The van der Waals surface area contributed by atoms with Crippen molar-refractivity contribution in [3.05, 3.63) is 47.7 Å². The minimum absolute atomic E-state index is 0.0576. The first-order valence-corrected chi connectivity index (χ1v) is 8.55. The molecule has 1 saturated heterocycles. The summed E-state index contributed by atoms with van der Waals surface area (Å²) in [5.74, 6) is 0.0576. The summed E-state index contributed by atoms with van der Waals surface area (Å²) < 4.78 is 1.76. The van der Waals surface area contributed by atoms with Crippen LogP contribution in [0.1, 0.15) is 16.1 Å². The van der Waals surface area contributed by atoms with Crippen LogP contribution in [0.5, 0.6) is 0 Å². The number of benzene rings is 1. The van der Waals surface area contributed by atoms with Gasteiger partial charge >= 0.3 is 0 Å². The zero-order valence-electron chi connectivity index (χ0n) is 14.5. The maximum absolute atomic E-state index is 13.2. The summed E-state index contributed by atoms with van der Waals surface area (Å²) in [4.78, 5) is 19.9. The van der Waals surface area contributed by atoms with Crippen molar-refractivity contribution in [3.8, 4) is 11.3 Å². The largest absolute Gasteiger partial charge is 0.336 e. The van der Waals surface area contributed by atoms with Crippen LogP contribution in [0, 0.1) is 6.92 Å². The first kappa shape index (κ1) is 15.8. The van der Waals surface area contributed by atoms with E-state index in [0.29, 0.717) is 5.56 Å². The van der Waals surface area contributed by atoms with E-state index in [9.17, 15) is 4.79 Å². The van der Waals surface area contributed by atoms with Gasteiger partial charge in [-0.05, 0) is 13.0 Å². The molecule has 0 saturated carbocycles. The monoisotopic (exact) mass is 335 g/mol. The van der Waals surface area contributed by atoms with Crippen molar-refractivity contribution >= 4 is 16.9 Å². The van der Waals surface area contributed by atoms with E-state index in [0.717, 1.165) is 54.2 Å². The summed E-state index contributed by atoms with van der Waals surface area (Å²) in [6.45, 7) is 5.04. The molecule has 1 N–H and O–H groups in total. The molecule has 0 unspecified atom stereocenters. The lowest BCUT2D eigenvalue weighted by Gasteiger charge is -2.27. The highest BCUT2D eigenvalue weighted by molar-refractivity contribution is 6.07. The van der Waals surface area contributed by atoms with Gasteiger partial charge in [0.05, 0.1) is 22.3 Å². The molecule has 25 heavy (non-hydrogen) atoms. The van der Waals surface area contributed by atoms with E-state index in [-0.39, 0.29) is 5.91 Å². The second-order valence-electron chi connectivity index (χ2n) is 6.37. The second-order valence-corrected chi connectivity index (χ2v) is 6.37. The second kappa shape index (κ2) is 6.29. The summed E-state index contributed by atoms with van der Waals surface area (Å²) >= 11 is 0. The van der Waals surface area contributed by atoms with Crippen LogP contribution in [0.2, 0.25) is 0 Å². The van der Waals surface area contributed by atoms with Gasteiger partial charge in [0.15, 0.2) is 5.65 Å². The van der Waals surface area contributed by atoms with E-state index in [1.807, 2.05) is 55.3 Å². The molecule has 128 valence electrons. The minimum atomic E-state index is 0.0576. The van der Waals surface area contributed by atoms with Crippen LogP contribution in [-0.4, -0.2) is 51.8 Å². The van der Waals surface area contributed by atoms with Gasteiger partial charge in [0.1, 0.15) is 0 Å². The topological polar surface area (TPSA) is 63.1 Å². The standard InChI is InChI=1S/C19H21N5O/c1-13-17-15(19(25)24-10-8-20-9-11-24)12-16(14-6-4-3-5-7-14)21-18(17)23(2)22-13/h3-7,12,20H,8-11H2,1-2H3. The Morgan fingerprint density at radius 2 is 1.88 bits per heavy atom. The summed E-state index contributed by atoms with van der Waals surface area (Å²) in [6, 6.07) is 11.9. The number of aryl methyl sites for hydroxylation is 2. The molecule has 1 fully saturated rings. The zero-order valence-corrected chi connectivity index (χ0v) is 14.5. The van der Waals surface area contributed by atoms with Gasteiger partial charge in [0.2, 0.25) is 0 Å². The Bertz CT molecular complexity index is 926. The Balaban J connectivity index is 1.90. The molecule has 4 rings (SSSR count). The van der Waals surface area contributed by atoms with E-state index in [1.54, 1.807) is 4.68 Å². The molecule has 3 aromatic rings. The van der Waals surface area contributed by atoms with Gasteiger partial charge in [-0.25, -0.2) is 4.98 Å². The Labute approximate surface area is 146 Å². The molecular formula is C19H21N5O. The van der Waals surface area contributed by atoms with E-state index in [4.69, 9.17) is 4.98 Å². The SMILES string of the molecule is Cc1nn(C)c2nc(-c3ccccc3)cc(C(=O)N3CCNCC3)c12. The minimum Gasteiger partial charge on any atom is -0.336 e. The normalized spacial score (nSPS) is 14.9. The molecule has 6 nitrogen and oxygen atoms in total. The molecule has 0 aliphatic carbocycles. The van der Waals surface area contributed by atoms with Crippen molar-refractivity contribution < 1.29 is 4.79 Å². The van der Waals surface area contributed by atoms with E-state index >= 15 is 0 Å². The van der Waals surface area contributed by atoms with Crippen LogP contribution in [0.25, 0.3) is 22.3 Å². The maximum Gasteiger partial charge on any atom is 0.254 e. The number of carbonyl (C=O) groups is 1. The zero-order chi connectivity index (χ0) is 17.4. The summed E-state index contributed by atoms with van der Waals surface area (Å²) in [5, 5.41) is 8.63. The summed E-state index contributed by atoms with van der Waals surface area (Å²) in [7, 11) is 1.87. The number of piperazine rings is 1. The smallest absolute Gasteiger partial charge is 0.254 e. The van der Waals surface area contributed by atoms with E-state index in [1.165, 1.54) is 0 Å². The molecule has 1 aromatic carbocycles. The Hall–Kier alpha value is -2.73. The molecule has 0 bridgehead atoms. The lowest BCUT2D eigenvalue weighted by molar-refractivity contribution is 0.0737. The molecular weight excluding hydrogens is 314 g/mol. The number of hydrogen-bond acceptors (Lipinski definition) is 4. The molecule has 1 amide bonds. The van der Waals surface area contributed by atoms with Gasteiger partial charge < -0.3 is 10.2 Å². The average molecular weight is 335 g/mol. The third-order valence-electron chi connectivity index (χ3n) is 4.67. The lowest BCUT2D eigenvalue weighted by atomic mass is 10.0. The average Bonchev–Trinajstić information content (AvgIpc) is 2.96. The first-order valence-electron chi connectivity index (χ1n) is 8.55. The van der Waals surface area contributed by atoms with Crippen molar-refractivity contribution in [2.24, 2.45) is 7.05 Å². The molecule has 1 aliphatic heterocycles. The highest BCUT2D eigenvalue weighted by atomic mass is 16.2. The van der Waals surface area contributed by atoms with Crippen LogP contribution in [0.15, 0.2) is 36.4 Å². The predicted molar refractivity (Wildman–Crippen MR) is 97.5 cm³/mol. The van der Waals surface area contributed by atoms with Gasteiger partial charge in [-0.3, -0.25) is 9.48 Å². The maximum atomic E-state index is 13.2. The Morgan fingerprint density at radius 3 is 2.60 bits per heavy atom. The first-order chi connectivity index (χ1) is 12.1. The quantitative estimate of drug-likeness (QED) is 0.778. The van der Waals surface area contributed by atoms with Crippen molar-refractivity contribution in [1.82, 2.24) is 25.0 Å². The van der Waals surface area contributed by atoms with Gasteiger partial charge in [-0.15, -0.1) is 0 Å². The van der Waals surface area contributed by atoms with E-state index in [2.05, 4.69) is 10.4 Å². The number of hydrogen-bond donors (Lipinski definition) is 1. The number of pyridine rings is 1. The highest BCUT2D eigenvalue weighted by Crippen LogP contribution is 2.27. The molecule has 3 heterocycles. The molecule has 1 aliphatic rings. The van der Waals surface area contributed by atoms with E-state index < -0.39 is 0 Å². The number of aromatic nitrogens is 3. The number of carbonyl (C=O) groups excluding carboxylic acids is 1. The van der Waals surface area contributed by atoms with Crippen molar-refractivity contribution in [2.75, 3.05) is 26.2 Å². The fourth-order valence-electron chi connectivity index (χ4n) is 3.41. The highest BCUT2D eigenvalue weighted by Gasteiger charge is 2.24. The molecule has 0 atom stereocenters. The summed E-state index contributed by atoms with van der Waals surface area (Å²) in [5.41, 5.74) is 4.07. The third kappa shape index (κ3) is 2.78. The molecule has 0 radical (unpaired) electrons. The molecule has 6 heteroatoms. The van der Waals surface area contributed by atoms with Crippen LogP contribution < -0.4 is 5.32 Å². The van der Waals surface area contributed by atoms with Crippen LogP contribution in [-0.2, 0) is 7.05 Å². The number of amides is 1. The summed E-state index contributed by atoms with van der Waals surface area (Å²) in [6.07, 6.45) is 0. The van der Waals surface area contributed by atoms with Gasteiger partial charge in [-0.2, -0.15) is 5.10 Å². The van der Waals surface area contributed by atoms with Gasteiger partial charge in [-0.1, -0.05) is 30.3 Å². The number of nitrogens with one attached hydrogen (secondary N) is 1. The number of fused-ring (bicyclic) bond motifs is 1.